The van der Waals surface area contributed by atoms with Crippen LogP contribution in [0.4, 0.5) is 5.13 Å². The lowest BCUT2D eigenvalue weighted by molar-refractivity contribution is 0.434. The van der Waals surface area contributed by atoms with Gasteiger partial charge in [-0.1, -0.05) is 24.7 Å². The first-order valence-corrected chi connectivity index (χ1v) is 8.63. The number of thiazole rings is 1. The van der Waals surface area contributed by atoms with Crippen molar-refractivity contribution >= 4 is 16.5 Å². The fourth-order valence-corrected chi connectivity index (χ4v) is 4.69. The van der Waals surface area contributed by atoms with E-state index in [0.29, 0.717) is 6.04 Å². The summed E-state index contributed by atoms with van der Waals surface area (Å²) in [5.74, 6) is 0. The quantitative estimate of drug-likeness (QED) is 0.918. The van der Waals surface area contributed by atoms with Crippen LogP contribution >= 0.6 is 11.3 Å². The van der Waals surface area contributed by atoms with Gasteiger partial charge in [-0.05, 0) is 44.9 Å². The second-order valence-electron chi connectivity index (χ2n) is 5.94. The van der Waals surface area contributed by atoms with Gasteiger partial charge in [-0.15, -0.1) is 0 Å². The molecule has 1 aromatic rings. The molecule has 1 aliphatic heterocycles. The highest BCUT2D eigenvalue weighted by Crippen LogP contribution is 2.38. The van der Waals surface area contributed by atoms with Crippen LogP contribution in [0.15, 0.2) is 0 Å². The van der Waals surface area contributed by atoms with E-state index in [1.807, 2.05) is 11.3 Å². The average molecular weight is 279 g/mol. The average Bonchev–Trinajstić information content (AvgIpc) is 2.85. The topological polar surface area (TPSA) is 42.2 Å². The Kier molecular flexibility index (Phi) is 4.08. The molecular formula is C15H25N3S. The van der Waals surface area contributed by atoms with Gasteiger partial charge in [0, 0.05) is 23.5 Å². The summed E-state index contributed by atoms with van der Waals surface area (Å²) < 4.78 is 0. The Morgan fingerprint density at radius 1 is 1.32 bits per heavy atom. The van der Waals surface area contributed by atoms with Crippen molar-refractivity contribution < 1.29 is 0 Å². The standard InChI is InChI=1S/C15H25N3S/c1-2-6-11-7-3-4-10-18(11)15-17-13-9-5-8-12(16)14(13)19-15/h11-12H,2-10,16H2,1H3. The number of nitrogens with zero attached hydrogens (tertiary/aromatic N) is 2. The molecule has 1 fully saturated rings. The number of aromatic nitrogens is 1. The predicted molar refractivity (Wildman–Crippen MR) is 81.9 cm³/mol. The summed E-state index contributed by atoms with van der Waals surface area (Å²) in [7, 11) is 0. The Balaban J connectivity index is 1.84. The maximum Gasteiger partial charge on any atom is 0.186 e. The SMILES string of the molecule is CCCC1CCCCN1c1nc2c(s1)C(N)CCC2. The predicted octanol–water partition coefficient (Wildman–Crippen LogP) is 3.64. The van der Waals surface area contributed by atoms with Crippen molar-refractivity contribution in [2.75, 3.05) is 11.4 Å². The molecule has 3 nitrogen and oxygen atoms in total. The normalized spacial score (nSPS) is 27.4. The first kappa shape index (κ1) is 13.4. The molecule has 1 saturated heterocycles. The monoisotopic (exact) mass is 279 g/mol. The van der Waals surface area contributed by atoms with E-state index in [2.05, 4.69) is 11.8 Å². The third-order valence-electron chi connectivity index (χ3n) is 4.48. The number of hydrogen-bond donors (Lipinski definition) is 1. The summed E-state index contributed by atoms with van der Waals surface area (Å²) in [6.07, 6.45) is 10.1. The molecule has 2 N–H and O–H groups in total. The summed E-state index contributed by atoms with van der Waals surface area (Å²) in [4.78, 5) is 8.86. The Morgan fingerprint density at radius 3 is 3.00 bits per heavy atom. The molecule has 3 rings (SSSR count). The number of fused-ring (bicyclic) bond motifs is 1. The van der Waals surface area contributed by atoms with Gasteiger partial charge in [0.2, 0.25) is 0 Å². The summed E-state index contributed by atoms with van der Waals surface area (Å²) in [6, 6.07) is 0.951. The molecule has 0 aromatic carbocycles. The van der Waals surface area contributed by atoms with Crippen LogP contribution in [-0.2, 0) is 6.42 Å². The second-order valence-corrected chi connectivity index (χ2v) is 6.95. The Hall–Kier alpha value is -0.610. The molecular weight excluding hydrogens is 254 g/mol. The Bertz CT molecular complexity index is 427. The summed E-state index contributed by atoms with van der Waals surface area (Å²) >= 11 is 1.87. The first-order chi connectivity index (χ1) is 9.29. The van der Waals surface area contributed by atoms with E-state index in [1.165, 1.54) is 60.8 Å². The lowest BCUT2D eigenvalue weighted by atomic mass is 9.98. The van der Waals surface area contributed by atoms with Gasteiger partial charge in [0.15, 0.2) is 5.13 Å². The van der Waals surface area contributed by atoms with Gasteiger partial charge in [-0.2, -0.15) is 0 Å². The zero-order valence-corrected chi connectivity index (χ0v) is 12.7. The van der Waals surface area contributed by atoms with Crippen molar-refractivity contribution in [3.8, 4) is 0 Å². The van der Waals surface area contributed by atoms with E-state index in [0.717, 1.165) is 12.8 Å². The van der Waals surface area contributed by atoms with E-state index >= 15 is 0 Å². The Morgan fingerprint density at radius 2 is 2.21 bits per heavy atom. The fraction of sp³-hybridized carbons (Fsp3) is 0.800. The minimum atomic E-state index is 0.240. The molecule has 0 amide bonds. The highest BCUT2D eigenvalue weighted by Gasteiger charge is 2.28. The molecule has 0 saturated carbocycles. The van der Waals surface area contributed by atoms with Crippen LogP contribution in [0.2, 0.25) is 0 Å². The summed E-state index contributed by atoms with van der Waals surface area (Å²) in [5, 5.41) is 1.25. The molecule has 2 atom stereocenters. The number of aryl methyl sites for hydroxylation is 1. The number of anilines is 1. The van der Waals surface area contributed by atoms with Crippen LogP contribution in [0.5, 0.6) is 0 Å². The molecule has 2 unspecified atom stereocenters. The molecule has 0 radical (unpaired) electrons. The van der Waals surface area contributed by atoms with Gasteiger partial charge >= 0.3 is 0 Å². The molecule has 106 valence electrons. The maximum absolute atomic E-state index is 6.23. The number of hydrogen-bond acceptors (Lipinski definition) is 4. The van der Waals surface area contributed by atoms with Crippen LogP contribution in [0.1, 0.15) is 68.5 Å². The number of piperidine rings is 1. The van der Waals surface area contributed by atoms with Gasteiger partial charge in [0.05, 0.1) is 5.69 Å². The van der Waals surface area contributed by atoms with E-state index < -0.39 is 0 Å². The lowest BCUT2D eigenvalue weighted by Crippen LogP contribution is -2.39. The van der Waals surface area contributed by atoms with Crippen LogP contribution in [-0.4, -0.2) is 17.6 Å². The smallest absolute Gasteiger partial charge is 0.186 e. The van der Waals surface area contributed by atoms with E-state index in [1.54, 1.807) is 0 Å². The van der Waals surface area contributed by atoms with E-state index in [-0.39, 0.29) is 6.04 Å². The lowest BCUT2D eigenvalue weighted by Gasteiger charge is -2.35. The minimum Gasteiger partial charge on any atom is -0.345 e. The molecule has 2 heterocycles. The van der Waals surface area contributed by atoms with Crippen LogP contribution in [0.25, 0.3) is 0 Å². The van der Waals surface area contributed by atoms with Crippen LogP contribution < -0.4 is 10.6 Å². The summed E-state index contributed by atoms with van der Waals surface area (Å²) in [5.41, 5.74) is 7.53. The molecule has 4 heteroatoms. The van der Waals surface area contributed by atoms with E-state index in [9.17, 15) is 0 Å². The fourth-order valence-electron chi connectivity index (χ4n) is 3.45. The van der Waals surface area contributed by atoms with Crippen molar-refractivity contribution in [1.29, 1.82) is 0 Å². The van der Waals surface area contributed by atoms with Crippen molar-refractivity contribution in [3.63, 3.8) is 0 Å². The zero-order chi connectivity index (χ0) is 13.2. The molecule has 1 aromatic heterocycles. The molecule has 0 bridgehead atoms. The molecule has 2 aliphatic rings. The van der Waals surface area contributed by atoms with Gasteiger partial charge in [0.25, 0.3) is 0 Å². The highest BCUT2D eigenvalue weighted by molar-refractivity contribution is 7.15. The van der Waals surface area contributed by atoms with Gasteiger partial charge in [0.1, 0.15) is 0 Å². The largest absolute Gasteiger partial charge is 0.345 e. The van der Waals surface area contributed by atoms with E-state index in [4.69, 9.17) is 10.7 Å². The van der Waals surface area contributed by atoms with Crippen molar-refractivity contribution in [2.24, 2.45) is 5.73 Å². The Labute approximate surface area is 120 Å². The number of nitrogens with two attached hydrogens (primary N) is 1. The molecule has 19 heavy (non-hydrogen) atoms. The molecule has 1 aliphatic carbocycles. The van der Waals surface area contributed by atoms with Crippen molar-refractivity contribution in [1.82, 2.24) is 4.98 Å². The maximum atomic E-state index is 6.23. The van der Waals surface area contributed by atoms with Gasteiger partial charge in [-0.25, -0.2) is 4.98 Å². The zero-order valence-electron chi connectivity index (χ0n) is 11.9. The van der Waals surface area contributed by atoms with Crippen molar-refractivity contribution in [2.45, 2.75) is 70.4 Å². The highest BCUT2D eigenvalue weighted by atomic mass is 32.1. The minimum absolute atomic E-state index is 0.240. The third-order valence-corrected chi connectivity index (χ3v) is 5.74. The third kappa shape index (κ3) is 2.65. The molecule has 0 spiro atoms. The van der Waals surface area contributed by atoms with Crippen LogP contribution in [0.3, 0.4) is 0 Å². The van der Waals surface area contributed by atoms with Gasteiger partial charge < -0.3 is 10.6 Å². The number of rotatable bonds is 3. The van der Waals surface area contributed by atoms with Crippen molar-refractivity contribution in [3.05, 3.63) is 10.6 Å². The van der Waals surface area contributed by atoms with Crippen LogP contribution in [0, 0.1) is 0 Å². The summed E-state index contributed by atoms with van der Waals surface area (Å²) in [6.45, 7) is 3.47. The second kappa shape index (κ2) is 5.80. The first-order valence-electron chi connectivity index (χ1n) is 7.81. The van der Waals surface area contributed by atoms with Gasteiger partial charge in [-0.3, -0.25) is 0 Å².